The first-order valence-corrected chi connectivity index (χ1v) is 10.0. The molecule has 158 valence electrons. The molecular formula is C25H24N2O4. The smallest absolute Gasteiger partial charge is 0.228 e. The fourth-order valence-corrected chi connectivity index (χ4v) is 3.37. The van der Waals surface area contributed by atoms with E-state index in [2.05, 4.69) is 5.16 Å². The van der Waals surface area contributed by atoms with E-state index in [9.17, 15) is 4.79 Å². The summed E-state index contributed by atoms with van der Waals surface area (Å²) >= 11 is 0. The molecule has 4 rings (SSSR count). The second-order valence-corrected chi connectivity index (χ2v) is 7.31. The summed E-state index contributed by atoms with van der Waals surface area (Å²) in [6.45, 7) is 0.907. The number of amides is 1. The molecule has 0 aliphatic heterocycles. The first-order valence-electron chi connectivity index (χ1n) is 10.0. The summed E-state index contributed by atoms with van der Waals surface area (Å²) in [5.74, 6) is 1.26. The number of fused-ring (bicyclic) bond motifs is 1. The Morgan fingerprint density at radius 2 is 1.74 bits per heavy atom. The molecule has 1 amide bonds. The highest BCUT2D eigenvalue weighted by Crippen LogP contribution is 2.29. The molecule has 6 heteroatoms. The maximum absolute atomic E-state index is 12.7. The molecule has 0 fully saturated rings. The van der Waals surface area contributed by atoms with E-state index >= 15 is 0 Å². The molecule has 0 unspecified atom stereocenters. The number of aromatic nitrogens is 1. The van der Waals surface area contributed by atoms with Crippen LogP contribution in [0.5, 0.6) is 11.5 Å². The van der Waals surface area contributed by atoms with E-state index in [1.807, 2.05) is 72.8 Å². The molecule has 1 heterocycles. The van der Waals surface area contributed by atoms with Gasteiger partial charge in [0.2, 0.25) is 5.91 Å². The van der Waals surface area contributed by atoms with Crippen molar-refractivity contribution in [3.05, 3.63) is 89.6 Å². The van der Waals surface area contributed by atoms with E-state index in [0.29, 0.717) is 35.9 Å². The van der Waals surface area contributed by atoms with Crippen LogP contribution in [0, 0.1) is 0 Å². The second kappa shape index (κ2) is 9.34. The third-order valence-electron chi connectivity index (χ3n) is 5.08. The molecule has 31 heavy (non-hydrogen) atoms. The maximum Gasteiger partial charge on any atom is 0.228 e. The van der Waals surface area contributed by atoms with E-state index in [1.165, 1.54) is 0 Å². The third-order valence-corrected chi connectivity index (χ3v) is 5.08. The van der Waals surface area contributed by atoms with Crippen LogP contribution in [-0.4, -0.2) is 30.1 Å². The Balaban J connectivity index is 1.40. The summed E-state index contributed by atoms with van der Waals surface area (Å²) in [5.41, 5.74) is 3.36. The maximum atomic E-state index is 12.7. The fraction of sp³-hybridized carbons (Fsp3) is 0.200. The molecular weight excluding hydrogens is 392 g/mol. The largest absolute Gasteiger partial charge is 0.493 e. The Bertz CT molecular complexity index is 1170. The number of benzene rings is 3. The number of rotatable bonds is 8. The highest BCUT2D eigenvalue weighted by molar-refractivity contribution is 5.86. The van der Waals surface area contributed by atoms with Crippen molar-refractivity contribution in [2.24, 2.45) is 0 Å². The molecule has 0 atom stereocenters. The number of nitrogens with zero attached hydrogens (tertiary/aromatic N) is 2. The van der Waals surface area contributed by atoms with Gasteiger partial charge in [-0.15, -0.1) is 0 Å². The number of hydrogen-bond acceptors (Lipinski definition) is 5. The van der Waals surface area contributed by atoms with E-state index in [0.717, 1.165) is 16.5 Å². The SMILES string of the molecule is COc1cc(CN(C)C(=O)Cc2noc3ccccc23)ccc1OCc1ccccc1. The van der Waals surface area contributed by atoms with Crippen molar-refractivity contribution < 1.29 is 18.8 Å². The van der Waals surface area contributed by atoms with Crippen LogP contribution in [0.25, 0.3) is 11.0 Å². The van der Waals surface area contributed by atoms with Gasteiger partial charge in [0.1, 0.15) is 12.3 Å². The Labute approximate surface area is 181 Å². The average molecular weight is 416 g/mol. The Hall–Kier alpha value is -3.80. The minimum atomic E-state index is -0.0394. The summed E-state index contributed by atoms with van der Waals surface area (Å²) in [7, 11) is 3.38. The predicted molar refractivity (Wildman–Crippen MR) is 118 cm³/mol. The summed E-state index contributed by atoms with van der Waals surface area (Å²) in [6.07, 6.45) is 0.183. The summed E-state index contributed by atoms with van der Waals surface area (Å²) in [4.78, 5) is 14.4. The highest BCUT2D eigenvalue weighted by Gasteiger charge is 2.16. The number of methoxy groups -OCH3 is 1. The Morgan fingerprint density at radius 3 is 2.55 bits per heavy atom. The Kier molecular flexibility index (Phi) is 6.17. The van der Waals surface area contributed by atoms with Crippen LogP contribution in [0.4, 0.5) is 0 Å². The van der Waals surface area contributed by atoms with Crippen LogP contribution in [0.1, 0.15) is 16.8 Å². The van der Waals surface area contributed by atoms with E-state index in [1.54, 1.807) is 19.1 Å². The van der Waals surface area contributed by atoms with Crippen LogP contribution in [0.15, 0.2) is 77.3 Å². The molecule has 0 saturated carbocycles. The highest BCUT2D eigenvalue weighted by atomic mass is 16.5. The van der Waals surface area contributed by atoms with E-state index < -0.39 is 0 Å². The molecule has 6 nitrogen and oxygen atoms in total. The van der Waals surface area contributed by atoms with Crippen LogP contribution in [0.3, 0.4) is 0 Å². The third kappa shape index (κ3) is 4.86. The van der Waals surface area contributed by atoms with Gasteiger partial charge >= 0.3 is 0 Å². The standard InChI is InChI=1S/C25H24N2O4/c1-27(25(28)15-21-20-10-6-7-11-22(20)31-26-21)16-19-12-13-23(24(14-19)29-2)30-17-18-8-4-3-5-9-18/h3-14H,15-17H2,1-2H3. The van der Waals surface area contributed by atoms with Crippen molar-refractivity contribution in [2.75, 3.05) is 14.2 Å². The van der Waals surface area contributed by atoms with E-state index in [4.69, 9.17) is 14.0 Å². The van der Waals surface area contributed by atoms with Crippen molar-refractivity contribution in [3.8, 4) is 11.5 Å². The van der Waals surface area contributed by atoms with Crippen molar-refractivity contribution in [3.63, 3.8) is 0 Å². The van der Waals surface area contributed by atoms with Gasteiger partial charge in [0.15, 0.2) is 17.1 Å². The lowest BCUT2D eigenvalue weighted by Crippen LogP contribution is -2.27. The average Bonchev–Trinajstić information content (AvgIpc) is 3.21. The molecule has 0 aliphatic carbocycles. The summed E-state index contributed by atoms with van der Waals surface area (Å²) in [6, 6.07) is 23.2. The Morgan fingerprint density at radius 1 is 0.968 bits per heavy atom. The van der Waals surface area contributed by atoms with Crippen molar-refractivity contribution >= 4 is 16.9 Å². The van der Waals surface area contributed by atoms with Gasteiger partial charge in [-0.25, -0.2) is 0 Å². The molecule has 0 bridgehead atoms. The number of likely N-dealkylation sites (N-methyl/N-ethyl adjacent to an activating group) is 1. The van der Waals surface area contributed by atoms with Gasteiger partial charge in [0, 0.05) is 19.0 Å². The number of hydrogen-bond donors (Lipinski definition) is 0. The topological polar surface area (TPSA) is 64.8 Å². The lowest BCUT2D eigenvalue weighted by Gasteiger charge is -2.18. The molecule has 0 radical (unpaired) electrons. The quantitative estimate of drug-likeness (QED) is 0.419. The molecule has 3 aromatic carbocycles. The van der Waals surface area contributed by atoms with Gasteiger partial charge in [-0.3, -0.25) is 4.79 Å². The number of carbonyl (C=O) groups is 1. The lowest BCUT2D eigenvalue weighted by atomic mass is 10.1. The van der Waals surface area contributed by atoms with E-state index in [-0.39, 0.29) is 12.3 Å². The predicted octanol–water partition coefficient (Wildman–Crippen LogP) is 4.62. The first-order chi connectivity index (χ1) is 15.1. The molecule has 0 saturated heterocycles. The zero-order valence-corrected chi connectivity index (χ0v) is 17.6. The number of para-hydroxylation sites is 1. The van der Waals surface area contributed by atoms with Gasteiger partial charge in [-0.1, -0.05) is 53.7 Å². The normalized spacial score (nSPS) is 10.8. The second-order valence-electron chi connectivity index (χ2n) is 7.31. The zero-order chi connectivity index (χ0) is 21.6. The van der Waals surface area contributed by atoms with Crippen LogP contribution < -0.4 is 9.47 Å². The monoisotopic (exact) mass is 416 g/mol. The van der Waals surface area contributed by atoms with Gasteiger partial charge < -0.3 is 18.9 Å². The lowest BCUT2D eigenvalue weighted by molar-refractivity contribution is -0.129. The van der Waals surface area contributed by atoms with Gasteiger partial charge in [0.25, 0.3) is 0 Å². The summed E-state index contributed by atoms with van der Waals surface area (Å²) < 4.78 is 16.7. The van der Waals surface area contributed by atoms with Gasteiger partial charge in [-0.2, -0.15) is 0 Å². The first kappa shape index (κ1) is 20.5. The zero-order valence-electron chi connectivity index (χ0n) is 17.6. The molecule has 4 aromatic rings. The van der Waals surface area contributed by atoms with Crippen molar-refractivity contribution in [1.29, 1.82) is 0 Å². The van der Waals surface area contributed by atoms with Crippen molar-refractivity contribution in [2.45, 2.75) is 19.6 Å². The minimum absolute atomic E-state index is 0.0394. The van der Waals surface area contributed by atoms with Crippen LogP contribution in [-0.2, 0) is 24.4 Å². The molecule has 0 aliphatic rings. The minimum Gasteiger partial charge on any atom is -0.493 e. The number of carbonyl (C=O) groups excluding carboxylic acids is 1. The van der Waals surface area contributed by atoms with Crippen LogP contribution in [0.2, 0.25) is 0 Å². The number of ether oxygens (including phenoxy) is 2. The van der Waals surface area contributed by atoms with Crippen molar-refractivity contribution in [1.82, 2.24) is 10.1 Å². The molecule has 0 spiro atoms. The summed E-state index contributed by atoms with van der Waals surface area (Å²) in [5, 5.41) is 4.92. The molecule has 0 N–H and O–H groups in total. The van der Waals surface area contributed by atoms with Gasteiger partial charge in [0.05, 0.1) is 13.5 Å². The fourth-order valence-electron chi connectivity index (χ4n) is 3.37. The molecule has 1 aromatic heterocycles. The van der Waals surface area contributed by atoms with Gasteiger partial charge in [-0.05, 0) is 35.4 Å². The van der Waals surface area contributed by atoms with Crippen LogP contribution >= 0.6 is 0 Å².